The lowest BCUT2D eigenvalue weighted by molar-refractivity contribution is -0.127. The van der Waals surface area contributed by atoms with E-state index in [-0.39, 0.29) is 16.9 Å². The third kappa shape index (κ3) is 2.35. The summed E-state index contributed by atoms with van der Waals surface area (Å²) in [7, 11) is 0. The van der Waals surface area contributed by atoms with Gasteiger partial charge in [0.1, 0.15) is 10.0 Å². The molecule has 4 aliphatic carbocycles. The van der Waals surface area contributed by atoms with Gasteiger partial charge in [-0.15, -0.1) is 0 Å². The number of carboxylic acids is 1. The molecule has 1 aromatic rings. The first-order valence-corrected chi connectivity index (χ1v) is 10.4. The van der Waals surface area contributed by atoms with Gasteiger partial charge in [0.2, 0.25) is 5.91 Å². The molecular weight excluding hydrogens is 368 g/mol. The lowest BCUT2D eigenvalue weighted by Crippen LogP contribution is -2.37. The summed E-state index contributed by atoms with van der Waals surface area (Å²) in [6, 6.07) is 0. The Balaban J connectivity index is 1.50. The monoisotopic (exact) mass is 390 g/mol. The summed E-state index contributed by atoms with van der Waals surface area (Å²) in [5.74, 6) is 0.516. The van der Waals surface area contributed by atoms with E-state index < -0.39 is 12.1 Å². The molecular formula is C19H22N2O5S. The fourth-order valence-electron chi connectivity index (χ4n) is 6.31. The third-order valence-corrected chi connectivity index (χ3v) is 8.32. The van der Waals surface area contributed by atoms with E-state index in [2.05, 4.69) is 5.32 Å². The minimum Gasteiger partial charge on any atom is -0.478 e. The summed E-state index contributed by atoms with van der Waals surface area (Å²) < 4.78 is 0. The Bertz CT molecular complexity index is 849. The average molecular weight is 390 g/mol. The van der Waals surface area contributed by atoms with E-state index in [9.17, 15) is 24.6 Å². The summed E-state index contributed by atoms with van der Waals surface area (Å²) >= 11 is 1.09. The first-order chi connectivity index (χ1) is 12.9. The van der Waals surface area contributed by atoms with Crippen molar-refractivity contribution in [3.8, 4) is 0 Å². The van der Waals surface area contributed by atoms with Crippen LogP contribution in [0.3, 0.4) is 0 Å². The second-order valence-electron chi connectivity index (χ2n) is 8.59. The first kappa shape index (κ1) is 17.0. The van der Waals surface area contributed by atoms with Crippen LogP contribution < -0.4 is 10.2 Å². The minimum atomic E-state index is -1.11. The highest BCUT2D eigenvalue weighted by Crippen LogP contribution is 2.65. The van der Waals surface area contributed by atoms with E-state index in [1.165, 1.54) is 11.3 Å². The van der Waals surface area contributed by atoms with Crippen LogP contribution in [-0.4, -0.2) is 34.7 Å². The summed E-state index contributed by atoms with van der Waals surface area (Å²) in [5, 5.41) is 22.8. The normalized spacial score (nSPS) is 33.2. The summed E-state index contributed by atoms with van der Waals surface area (Å²) in [6.45, 7) is 0.352. The van der Waals surface area contributed by atoms with Crippen LogP contribution in [0.2, 0.25) is 0 Å². The zero-order valence-corrected chi connectivity index (χ0v) is 15.7. The molecule has 0 radical (unpaired) electrons. The van der Waals surface area contributed by atoms with Crippen molar-refractivity contribution in [2.24, 2.45) is 23.2 Å². The van der Waals surface area contributed by atoms with Crippen LogP contribution in [0.1, 0.15) is 54.4 Å². The molecule has 4 fully saturated rings. The number of thiophene rings is 1. The number of aromatic carboxylic acids is 1. The molecule has 0 spiro atoms. The van der Waals surface area contributed by atoms with Crippen LogP contribution in [0, 0.1) is 23.2 Å². The second kappa shape index (κ2) is 5.70. The molecule has 2 unspecified atom stereocenters. The van der Waals surface area contributed by atoms with Gasteiger partial charge >= 0.3 is 12.1 Å². The van der Waals surface area contributed by atoms with Crippen molar-refractivity contribution in [2.75, 3.05) is 16.8 Å². The number of hydrogen-bond donors (Lipinski definition) is 3. The highest BCUT2D eigenvalue weighted by Gasteiger charge is 2.61. The van der Waals surface area contributed by atoms with Crippen LogP contribution in [0.15, 0.2) is 0 Å². The number of fused-ring (bicyclic) bond motifs is 1. The quantitative estimate of drug-likeness (QED) is 0.730. The van der Waals surface area contributed by atoms with Gasteiger partial charge in [0.15, 0.2) is 0 Å². The van der Waals surface area contributed by atoms with Crippen molar-refractivity contribution in [1.82, 2.24) is 0 Å². The predicted octanol–water partition coefficient (Wildman–Crippen LogP) is 3.64. The fourth-order valence-corrected chi connectivity index (χ4v) is 7.57. The number of carbonyl (C=O) groups is 3. The van der Waals surface area contributed by atoms with Crippen molar-refractivity contribution in [3.63, 3.8) is 0 Å². The first-order valence-electron chi connectivity index (χ1n) is 9.60. The standard InChI is InChI=1S/C19H22N2O5S/c22-16(23)13-12-2-1-3-21(18(25)26)15(12)27-14(13)20-17(24)19-7-9-4-10(8-19)6-11(19)5-9/h9-11H,1-8H2,(H,20,24)(H,22,23)(H,25,26). The number of anilines is 2. The molecule has 4 saturated carbocycles. The van der Waals surface area contributed by atoms with Gasteiger partial charge in [0, 0.05) is 12.1 Å². The molecule has 3 N–H and O–H groups in total. The number of nitrogens with zero attached hydrogens (tertiary/aromatic N) is 1. The van der Waals surface area contributed by atoms with Gasteiger partial charge in [-0.25, -0.2) is 9.59 Å². The fraction of sp³-hybridized carbons (Fsp3) is 0.632. The number of amides is 2. The van der Waals surface area contributed by atoms with Crippen molar-refractivity contribution >= 4 is 39.3 Å². The maximum atomic E-state index is 13.3. The van der Waals surface area contributed by atoms with Gasteiger partial charge in [-0.2, -0.15) is 0 Å². The molecule has 6 rings (SSSR count). The van der Waals surface area contributed by atoms with Gasteiger partial charge in [0.05, 0.1) is 11.0 Å². The van der Waals surface area contributed by atoms with Crippen LogP contribution in [0.5, 0.6) is 0 Å². The van der Waals surface area contributed by atoms with Crippen molar-refractivity contribution in [2.45, 2.75) is 44.9 Å². The lowest BCUT2D eigenvalue weighted by Gasteiger charge is -2.31. The van der Waals surface area contributed by atoms with E-state index in [4.69, 9.17) is 0 Å². The maximum Gasteiger partial charge on any atom is 0.412 e. The average Bonchev–Trinajstić information content (AvgIpc) is 3.18. The highest BCUT2D eigenvalue weighted by molar-refractivity contribution is 7.21. The lowest BCUT2D eigenvalue weighted by atomic mass is 9.75. The number of carbonyl (C=O) groups excluding carboxylic acids is 1. The molecule has 8 heteroatoms. The SMILES string of the molecule is O=C(O)c1c(NC(=O)C23CC4CC(CC2C4)C3)sc2c1CCCN2C(=O)O. The van der Waals surface area contributed by atoms with Crippen molar-refractivity contribution in [1.29, 1.82) is 0 Å². The Morgan fingerprint density at radius 1 is 1.11 bits per heavy atom. The Hall–Kier alpha value is -2.09. The number of rotatable bonds is 3. The van der Waals surface area contributed by atoms with Crippen LogP contribution in [0.25, 0.3) is 0 Å². The molecule has 2 amide bonds. The zero-order valence-electron chi connectivity index (χ0n) is 14.9. The van der Waals surface area contributed by atoms with Gasteiger partial charge in [-0.3, -0.25) is 9.69 Å². The molecule has 1 aromatic heterocycles. The van der Waals surface area contributed by atoms with Crippen molar-refractivity contribution in [3.05, 3.63) is 11.1 Å². The van der Waals surface area contributed by atoms with E-state index in [1.807, 2.05) is 0 Å². The molecule has 5 aliphatic rings. The van der Waals surface area contributed by atoms with E-state index in [0.29, 0.717) is 52.7 Å². The van der Waals surface area contributed by atoms with Crippen LogP contribution in [0.4, 0.5) is 14.8 Å². The van der Waals surface area contributed by atoms with Gasteiger partial charge in [0.25, 0.3) is 0 Å². The summed E-state index contributed by atoms with van der Waals surface area (Å²) in [4.78, 5) is 37.9. The van der Waals surface area contributed by atoms with E-state index in [0.717, 1.165) is 37.0 Å². The molecule has 7 nitrogen and oxygen atoms in total. The maximum absolute atomic E-state index is 13.3. The minimum absolute atomic E-state index is 0.0554. The van der Waals surface area contributed by atoms with E-state index in [1.54, 1.807) is 0 Å². The van der Waals surface area contributed by atoms with Gasteiger partial charge < -0.3 is 15.5 Å². The molecule has 2 atom stereocenters. The molecule has 0 aromatic carbocycles. The number of carboxylic acid groups (broad SMARTS) is 2. The number of hydrogen-bond acceptors (Lipinski definition) is 4. The Labute approximate surface area is 160 Å². The molecule has 0 saturated heterocycles. The topological polar surface area (TPSA) is 107 Å². The van der Waals surface area contributed by atoms with Gasteiger partial charge in [-0.05, 0) is 62.7 Å². The van der Waals surface area contributed by atoms with Crippen LogP contribution in [-0.2, 0) is 11.2 Å². The van der Waals surface area contributed by atoms with Crippen LogP contribution >= 0.6 is 11.3 Å². The highest BCUT2D eigenvalue weighted by atomic mass is 32.1. The molecule has 27 heavy (non-hydrogen) atoms. The van der Waals surface area contributed by atoms with Gasteiger partial charge in [-0.1, -0.05) is 11.3 Å². The molecule has 1 aliphatic heterocycles. The number of nitrogens with one attached hydrogen (secondary N) is 1. The Morgan fingerprint density at radius 2 is 1.81 bits per heavy atom. The smallest absolute Gasteiger partial charge is 0.412 e. The molecule has 144 valence electrons. The summed E-state index contributed by atoms with van der Waals surface area (Å²) in [5.41, 5.74) is 0.259. The molecule has 2 heterocycles. The predicted molar refractivity (Wildman–Crippen MR) is 99.6 cm³/mol. The third-order valence-electron chi connectivity index (χ3n) is 7.15. The Morgan fingerprint density at radius 3 is 2.44 bits per heavy atom. The van der Waals surface area contributed by atoms with Crippen molar-refractivity contribution < 1.29 is 24.6 Å². The zero-order chi connectivity index (χ0) is 18.9. The Kier molecular flexibility index (Phi) is 3.60. The molecule has 4 bridgehead atoms. The second-order valence-corrected chi connectivity index (χ2v) is 9.59. The summed E-state index contributed by atoms with van der Waals surface area (Å²) in [6.07, 6.45) is 5.30. The van der Waals surface area contributed by atoms with E-state index >= 15 is 0 Å². The largest absolute Gasteiger partial charge is 0.478 e.